The molecule has 4 rings (SSSR count). The summed E-state index contributed by atoms with van der Waals surface area (Å²) >= 11 is 1.85. The molecule has 7 heteroatoms. The van der Waals surface area contributed by atoms with Gasteiger partial charge in [-0.25, -0.2) is 4.98 Å². The number of benzene rings is 1. The minimum atomic E-state index is 0.424. The van der Waals surface area contributed by atoms with Crippen LogP contribution in [-0.2, 0) is 6.54 Å². The van der Waals surface area contributed by atoms with Crippen LogP contribution in [0.25, 0.3) is 11.0 Å². The number of likely N-dealkylation sites (tertiary alicyclic amines) is 1. The van der Waals surface area contributed by atoms with Crippen molar-refractivity contribution in [2.24, 2.45) is 4.99 Å². The molecule has 0 spiro atoms. The highest BCUT2D eigenvalue weighted by Crippen LogP contribution is 2.27. The van der Waals surface area contributed by atoms with Crippen molar-refractivity contribution in [2.75, 3.05) is 33.2 Å². The van der Waals surface area contributed by atoms with E-state index in [1.54, 1.807) is 0 Å². The second-order valence-electron chi connectivity index (χ2n) is 7.43. The standard InChI is InChI=1S/C22H30N6S/c1-23-22(24-11-7-14-28-17-26-18-8-2-3-9-19(18)28)25-16-20(21-10-6-15-29-21)27-12-4-5-13-27/h2-3,6,8-10,15,17,20H,4-5,7,11-14,16H2,1H3,(H2,23,24,25). The molecule has 2 N–H and O–H groups in total. The average Bonchev–Trinajstić information content (AvgIpc) is 3.52. The van der Waals surface area contributed by atoms with Crippen LogP contribution in [0, 0.1) is 0 Å². The fourth-order valence-corrected chi connectivity index (χ4v) is 4.86. The third-order valence-corrected chi connectivity index (χ3v) is 6.51. The van der Waals surface area contributed by atoms with Crippen molar-refractivity contribution < 1.29 is 0 Å². The summed E-state index contributed by atoms with van der Waals surface area (Å²) in [6.07, 6.45) is 5.55. The first kappa shape index (κ1) is 19.9. The monoisotopic (exact) mass is 410 g/mol. The van der Waals surface area contributed by atoms with E-state index in [9.17, 15) is 0 Å². The fraction of sp³-hybridized carbons (Fsp3) is 0.455. The smallest absolute Gasteiger partial charge is 0.191 e. The minimum absolute atomic E-state index is 0.424. The van der Waals surface area contributed by atoms with Gasteiger partial charge in [-0.3, -0.25) is 9.89 Å². The van der Waals surface area contributed by atoms with Gasteiger partial charge in [0.2, 0.25) is 0 Å². The zero-order valence-corrected chi connectivity index (χ0v) is 17.9. The summed E-state index contributed by atoms with van der Waals surface area (Å²) in [5, 5.41) is 9.18. The molecule has 1 fully saturated rings. The van der Waals surface area contributed by atoms with E-state index in [4.69, 9.17) is 0 Å². The Morgan fingerprint density at radius 2 is 2.03 bits per heavy atom. The summed E-state index contributed by atoms with van der Waals surface area (Å²) in [7, 11) is 1.84. The first-order valence-electron chi connectivity index (χ1n) is 10.5. The molecule has 154 valence electrons. The maximum Gasteiger partial charge on any atom is 0.191 e. The number of aromatic nitrogens is 2. The lowest BCUT2D eigenvalue weighted by Gasteiger charge is -2.27. The topological polar surface area (TPSA) is 57.5 Å². The summed E-state index contributed by atoms with van der Waals surface area (Å²) in [6.45, 7) is 5.08. The molecule has 1 aromatic carbocycles. The van der Waals surface area contributed by atoms with Crippen LogP contribution < -0.4 is 10.6 Å². The first-order chi connectivity index (χ1) is 14.3. The van der Waals surface area contributed by atoms with Gasteiger partial charge >= 0.3 is 0 Å². The molecule has 0 bridgehead atoms. The van der Waals surface area contributed by atoms with E-state index in [0.29, 0.717) is 6.04 Å². The maximum absolute atomic E-state index is 4.46. The number of hydrogen-bond donors (Lipinski definition) is 2. The van der Waals surface area contributed by atoms with Crippen molar-refractivity contribution in [2.45, 2.75) is 31.8 Å². The normalized spacial score (nSPS) is 16.4. The van der Waals surface area contributed by atoms with E-state index >= 15 is 0 Å². The minimum Gasteiger partial charge on any atom is -0.356 e. The molecule has 3 heterocycles. The van der Waals surface area contributed by atoms with Gasteiger partial charge in [0.05, 0.1) is 23.4 Å². The van der Waals surface area contributed by atoms with Crippen molar-refractivity contribution in [3.63, 3.8) is 0 Å². The number of hydrogen-bond acceptors (Lipinski definition) is 4. The Kier molecular flexibility index (Phi) is 6.79. The molecule has 0 amide bonds. The molecule has 0 aliphatic carbocycles. The zero-order valence-electron chi connectivity index (χ0n) is 17.1. The van der Waals surface area contributed by atoms with Crippen LogP contribution >= 0.6 is 11.3 Å². The molecule has 1 aliphatic rings. The van der Waals surface area contributed by atoms with Crippen LogP contribution in [0.15, 0.2) is 53.1 Å². The number of nitrogens with zero attached hydrogens (tertiary/aromatic N) is 4. The molecule has 29 heavy (non-hydrogen) atoms. The number of guanidine groups is 1. The summed E-state index contributed by atoms with van der Waals surface area (Å²) in [4.78, 5) is 12.9. The maximum atomic E-state index is 4.46. The lowest BCUT2D eigenvalue weighted by atomic mass is 10.2. The van der Waals surface area contributed by atoms with Crippen LogP contribution in [0.1, 0.15) is 30.2 Å². The van der Waals surface area contributed by atoms with Gasteiger partial charge in [-0.15, -0.1) is 11.3 Å². The molecule has 0 radical (unpaired) electrons. The van der Waals surface area contributed by atoms with E-state index in [-0.39, 0.29) is 0 Å². The van der Waals surface area contributed by atoms with E-state index in [1.807, 2.05) is 30.8 Å². The molecule has 1 atom stereocenters. The highest BCUT2D eigenvalue weighted by Gasteiger charge is 2.24. The first-order valence-corrected chi connectivity index (χ1v) is 11.3. The number of rotatable bonds is 8. The summed E-state index contributed by atoms with van der Waals surface area (Å²) in [5.74, 6) is 0.876. The van der Waals surface area contributed by atoms with Gasteiger partial charge in [-0.05, 0) is 55.9 Å². The number of imidazole rings is 1. The largest absolute Gasteiger partial charge is 0.356 e. The van der Waals surface area contributed by atoms with E-state index < -0.39 is 0 Å². The molecule has 1 aliphatic heterocycles. The van der Waals surface area contributed by atoms with Gasteiger partial charge in [-0.2, -0.15) is 0 Å². The Morgan fingerprint density at radius 1 is 1.17 bits per heavy atom. The van der Waals surface area contributed by atoms with E-state index in [2.05, 4.69) is 65.8 Å². The molecular weight excluding hydrogens is 380 g/mol. The molecule has 1 saturated heterocycles. The van der Waals surface area contributed by atoms with Crippen LogP contribution in [0.5, 0.6) is 0 Å². The fourth-order valence-electron chi connectivity index (χ4n) is 4.00. The number of thiophene rings is 1. The molecule has 6 nitrogen and oxygen atoms in total. The van der Waals surface area contributed by atoms with Crippen LogP contribution in [0.3, 0.4) is 0 Å². The Balaban J connectivity index is 1.26. The van der Waals surface area contributed by atoms with Gasteiger partial charge in [0.25, 0.3) is 0 Å². The summed E-state index contributed by atoms with van der Waals surface area (Å²) in [5.41, 5.74) is 2.25. The van der Waals surface area contributed by atoms with Gasteiger partial charge in [0, 0.05) is 31.6 Å². The zero-order chi connectivity index (χ0) is 19.9. The SMILES string of the molecule is CN=C(NCCCn1cnc2ccccc21)NCC(c1cccs1)N1CCCC1. The van der Waals surface area contributed by atoms with Crippen molar-refractivity contribution in [1.29, 1.82) is 0 Å². The van der Waals surface area contributed by atoms with Crippen molar-refractivity contribution in [3.8, 4) is 0 Å². The quantitative estimate of drug-likeness (QED) is 0.339. The van der Waals surface area contributed by atoms with E-state index in [0.717, 1.165) is 37.5 Å². The number of nitrogens with one attached hydrogen (secondary N) is 2. The highest BCUT2D eigenvalue weighted by molar-refractivity contribution is 7.10. The summed E-state index contributed by atoms with van der Waals surface area (Å²) in [6, 6.07) is 13.1. The van der Waals surface area contributed by atoms with Gasteiger partial charge in [0.15, 0.2) is 5.96 Å². The number of aliphatic imine (C=N–C) groups is 1. The van der Waals surface area contributed by atoms with Gasteiger partial charge < -0.3 is 15.2 Å². The number of fused-ring (bicyclic) bond motifs is 1. The Labute approximate surface area is 176 Å². The third-order valence-electron chi connectivity index (χ3n) is 5.54. The van der Waals surface area contributed by atoms with Crippen LogP contribution in [0.2, 0.25) is 0 Å². The van der Waals surface area contributed by atoms with Crippen molar-refractivity contribution in [1.82, 2.24) is 25.1 Å². The average molecular weight is 411 g/mol. The van der Waals surface area contributed by atoms with Crippen molar-refractivity contribution in [3.05, 3.63) is 53.0 Å². The lowest BCUT2D eigenvalue weighted by Crippen LogP contribution is -2.42. The predicted octanol–water partition coefficient (Wildman–Crippen LogP) is 3.49. The van der Waals surface area contributed by atoms with Crippen LogP contribution in [-0.4, -0.2) is 53.6 Å². The summed E-state index contributed by atoms with van der Waals surface area (Å²) < 4.78 is 2.22. The van der Waals surface area contributed by atoms with Crippen LogP contribution in [0.4, 0.5) is 0 Å². The van der Waals surface area contributed by atoms with Gasteiger partial charge in [-0.1, -0.05) is 18.2 Å². The third kappa shape index (κ3) is 4.97. The lowest BCUT2D eigenvalue weighted by molar-refractivity contribution is 0.249. The van der Waals surface area contributed by atoms with Crippen molar-refractivity contribution >= 4 is 28.3 Å². The van der Waals surface area contributed by atoms with Gasteiger partial charge in [0.1, 0.15) is 0 Å². The number of para-hydroxylation sites is 2. The Hall–Kier alpha value is -2.38. The molecule has 0 saturated carbocycles. The van der Waals surface area contributed by atoms with E-state index in [1.165, 1.54) is 36.3 Å². The molecule has 1 unspecified atom stereocenters. The second-order valence-corrected chi connectivity index (χ2v) is 8.41. The molecule has 3 aromatic rings. The number of aryl methyl sites for hydroxylation is 1. The Bertz CT molecular complexity index is 910. The molecular formula is C22H30N6S. The molecule has 2 aromatic heterocycles. The predicted molar refractivity (Wildman–Crippen MR) is 122 cm³/mol. The Morgan fingerprint density at radius 3 is 2.83 bits per heavy atom. The second kappa shape index (κ2) is 9.89. The highest BCUT2D eigenvalue weighted by atomic mass is 32.1.